The van der Waals surface area contributed by atoms with Crippen LogP contribution in [0.15, 0.2) is 42.5 Å². The fourth-order valence-corrected chi connectivity index (χ4v) is 4.75. The minimum atomic E-state index is -6.01. The van der Waals surface area contributed by atoms with Crippen LogP contribution in [0.4, 0.5) is 32.0 Å². The standard InChI is InChI=1S/C24H19F6N3O6S/c25-23(26,27)22(12-31,24(28,29)30)15-2-4-16(5-3-15)32-21(37)20-17-6-1-13(11-40(38)39)9-14(17)10-33(20)18(34)7-8-19(35)36/h1-6,9,20H,7-8,10-11H2,(H,32,37)(H,35,36)(H,38,39)/p-1. The number of nitrogens with one attached hydrogen (secondary N) is 1. The molecule has 214 valence electrons. The van der Waals surface area contributed by atoms with E-state index in [1.54, 1.807) is 0 Å². The number of benzene rings is 2. The number of fused-ring (bicyclic) bond motifs is 1. The first-order valence-corrected chi connectivity index (χ1v) is 12.4. The average molecular weight is 590 g/mol. The summed E-state index contributed by atoms with van der Waals surface area (Å²) in [5.41, 5.74) is -5.50. The first kappa shape index (κ1) is 30.6. The molecule has 1 heterocycles. The molecule has 2 aromatic carbocycles. The van der Waals surface area contributed by atoms with Crippen molar-refractivity contribution in [2.45, 2.75) is 48.9 Å². The summed E-state index contributed by atoms with van der Waals surface area (Å²) in [4.78, 5) is 37.9. The maximum atomic E-state index is 13.4. The highest BCUT2D eigenvalue weighted by Crippen LogP contribution is 2.51. The highest BCUT2D eigenvalue weighted by atomic mass is 32.2. The Hall–Kier alpha value is -3.97. The molecule has 2 unspecified atom stereocenters. The molecule has 1 aliphatic rings. The first-order valence-electron chi connectivity index (χ1n) is 11.2. The van der Waals surface area contributed by atoms with Crippen molar-refractivity contribution in [1.82, 2.24) is 4.90 Å². The SMILES string of the molecule is N#CC(c1ccc(NC(=O)C2c3ccc(CS(=O)[O-])cc3CN2C(=O)CCC(=O)O)cc1)(C(F)(F)F)C(F)(F)F. The van der Waals surface area contributed by atoms with Gasteiger partial charge in [0.1, 0.15) is 6.04 Å². The van der Waals surface area contributed by atoms with Crippen molar-refractivity contribution in [3.63, 3.8) is 0 Å². The Morgan fingerprint density at radius 2 is 1.65 bits per heavy atom. The summed E-state index contributed by atoms with van der Waals surface area (Å²) in [6.45, 7) is -0.188. The molecular weight excluding hydrogens is 572 g/mol. The summed E-state index contributed by atoms with van der Waals surface area (Å²) in [6.07, 6.45) is -13.1. The lowest BCUT2D eigenvalue weighted by Gasteiger charge is -2.31. The molecule has 3 rings (SSSR count). The Kier molecular flexibility index (Phi) is 8.60. The number of rotatable bonds is 8. The van der Waals surface area contributed by atoms with Crippen LogP contribution in [0.2, 0.25) is 0 Å². The van der Waals surface area contributed by atoms with E-state index in [0.717, 1.165) is 17.0 Å². The van der Waals surface area contributed by atoms with Gasteiger partial charge >= 0.3 is 18.3 Å². The Morgan fingerprint density at radius 1 is 1.05 bits per heavy atom. The summed E-state index contributed by atoms with van der Waals surface area (Å²) >= 11 is -2.44. The number of nitrogens with zero attached hydrogens (tertiary/aromatic N) is 2. The van der Waals surface area contributed by atoms with Gasteiger partial charge in [0.15, 0.2) is 0 Å². The molecule has 16 heteroatoms. The van der Waals surface area contributed by atoms with Crippen molar-refractivity contribution in [2.24, 2.45) is 0 Å². The minimum Gasteiger partial charge on any atom is -0.772 e. The van der Waals surface area contributed by atoms with Crippen molar-refractivity contribution in [2.75, 3.05) is 5.32 Å². The minimum absolute atomic E-state index is 0.188. The summed E-state index contributed by atoms with van der Waals surface area (Å²) in [6, 6.07) is 5.44. The van der Waals surface area contributed by atoms with Crippen LogP contribution in [-0.4, -0.2) is 48.9 Å². The quantitative estimate of drug-likeness (QED) is 0.350. The second kappa shape index (κ2) is 11.3. The van der Waals surface area contributed by atoms with E-state index in [1.807, 2.05) is 0 Å². The van der Waals surface area contributed by atoms with E-state index in [1.165, 1.54) is 18.2 Å². The summed E-state index contributed by atoms with van der Waals surface area (Å²) < 4.78 is 103. The number of hydrogen-bond acceptors (Lipinski definition) is 6. The second-order valence-electron chi connectivity index (χ2n) is 8.72. The van der Waals surface area contributed by atoms with E-state index in [-0.39, 0.29) is 23.5 Å². The van der Waals surface area contributed by atoms with Crippen molar-refractivity contribution in [1.29, 1.82) is 5.26 Å². The largest absolute Gasteiger partial charge is 0.772 e. The predicted molar refractivity (Wildman–Crippen MR) is 124 cm³/mol. The van der Waals surface area contributed by atoms with E-state index < -0.39 is 71.1 Å². The molecule has 0 bridgehead atoms. The molecule has 2 aromatic rings. The molecule has 0 aromatic heterocycles. The molecule has 40 heavy (non-hydrogen) atoms. The van der Waals surface area contributed by atoms with E-state index in [4.69, 9.17) is 10.4 Å². The number of alkyl halides is 6. The molecule has 2 amide bonds. The van der Waals surface area contributed by atoms with Gasteiger partial charge in [-0.25, -0.2) is 0 Å². The van der Waals surface area contributed by atoms with Gasteiger partial charge < -0.3 is 19.9 Å². The van der Waals surface area contributed by atoms with Crippen LogP contribution in [0.1, 0.15) is 41.1 Å². The van der Waals surface area contributed by atoms with Crippen LogP contribution in [0, 0.1) is 11.3 Å². The van der Waals surface area contributed by atoms with Crippen molar-refractivity contribution < 1.29 is 54.6 Å². The van der Waals surface area contributed by atoms with E-state index in [0.29, 0.717) is 29.3 Å². The number of aliphatic carboxylic acids is 1. The Bertz CT molecular complexity index is 1370. The van der Waals surface area contributed by atoms with Gasteiger partial charge in [-0.15, -0.1) is 0 Å². The Labute approximate surface area is 224 Å². The van der Waals surface area contributed by atoms with Gasteiger partial charge in [-0.2, -0.15) is 31.6 Å². The van der Waals surface area contributed by atoms with Crippen LogP contribution in [0.5, 0.6) is 0 Å². The lowest BCUT2D eigenvalue weighted by Crippen LogP contribution is -2.52. The number of carboxylic acids is 1. The van der Waals surface area contributed by atoms with Crippen molar-refractivity contribution >= 4 is 34.6 Å². The van der Waals surface area contributed by atoms with Crippen LogP contribution < -0.4 is 5.32 Å². The van der Waals surface area contributed by atoms with Gasteiger partial charge in [-0.1, -0.05) is 41.4 Å². The molecule has 9 nitrogen and oxygen atoms in total. The molecule has 0 radical (unpaired) electrons. The van der Waals surface area contributed by atoms with Crippen molar-refractivity contribution in [3.8, 4) is 6.07 Å². The van der Waals surface area contributed by atoms with E-state index in [9.17, 15) is 49.5 Å². The number of halogens is 6. The number of anilines is 1. The highest BCUT2D eigenvalue weighted by molar-refractivity contribution is 7.78. The molecule has 0 spiro atoms. The Morgan fingerprint density at radius 3 is 2.15 bits per heavy atom. The average Bonchev–Trinajstić information content (AvgIpc) is 3.21. The van der Waals surface area contributed by atoms with Gasteiger partial charge in [0.25, 0.3) is 11.3 Å². The first-order chi connectivity index (χ1) is 18.5. The Balaban J connectivity index is 1.94. The predicted octanol–water partition coefficient (Wildman–Crippen LogP) is 3.84. The molecule has 0 saturated heterocycles. The van der Waals surface area contributed by atoms with Gasteiger partial charge in [0.05, 0.1) is 12.5 Å². The number of hydrogen-bond donors (Lipinski definition) is 2. The van der Waals surface area contributed by atoms with Crippen LogP contribution >= 0.6 is 0 Å². The highest BCUT2D eigenvalue weighted by Gasteiger charge is 2.72. The molecule has 2 atom stereocenters. The molecule has 0 fully saturated rings. The van der Waals surface area contributed by atoms with Crippen LogP contribution in [0.25, 0.3) is 0 Å². The van der Waals surface area contributed by atoms with Crippen LogP contribution in [-0.2, 0) is 43.2 Å². The molecular formula is C24H18F6N3O6S-. The third-order valence-corrected chi connectivity index (χ3v) is 6.73. The molecule has 0 saturated carbocycles. The monoisotopic (exact) mass is 590 g/mol. The number of amides is 2. The summed E-state index contributed by atoms with van der Waals surface area (Å²) in [7, 11) is 0. The summed E-state index contributed by atoms with van der Waals surface area (Å²) in [5, 5.41) is 20.1. The maximum Gasteiger partial charge on any atom is 0.420 e. The molecule has 1 aliphatic heterocycles. The lowest BCUT2D eigenvalue weighted by atomic mass is 9.80. The normalized spacial score (nSPS) is 16.1. The van der Waals surface area contributed by atoms with Gasteiger partial charge in [-0.3, -0.25) is 18.6 Å². The fourth-order valence-electron chi connectivity index (χ4n) is 4.30. The van der Waals surface area contributed by atoms with E-state index in [2.05, 4.69) is 5.32 Å². The topological polar surface area (TPSA) is 151 Å². The van der Waals surface area contributed by atoms with Gasteiger partial charge in [-0.05, 0) is 34.4 Å². The maximum absolute atomic E-state index is 13.4. The third kappa shape index (κ3) is 5.94. The zero-order valence-electron chi connectivity index (χ0n) is 20.0. The summed E-state index contributed by atoms with van der Waals surface area (Å²) in [5.74, 6) is -3.30. The van der Waals surface area contributed by atoms with Gasteiger partial charge in [0, 0.05) is 24.4 Å². The smallest absolute Gasteiger partial charge is 0.420 e. The zero-order valence-corrected chi connectivity index (χ0v) is 20.8. The second-order valence-corrected chi connectivity index (χ2v) is 9.62. The fraction of sp³-hybridized carbons (Fsp3) is 0.333. The van der Waals surface area contributed by atoms with E-state index >= 15 is 0 Å². The molecule has 2 N–H and O–H groups in total. The number of carbonyl (C=O) groups excluding carboxylic acids is 2. The molecule has 0 aliphatic carbocycles. The number of nitriles is 1. The number of carboxylic acid groups (broad SMARTS) is 1. The number of carbonyl (C=O) groups is 3. The van der Waals surface area contributed by atoms with Crippen molar-refractivity contribution in [3.05, 3.63) is 64.7 Å². The lowest BCUT2D eigenvalue weighted by molar-refractivity contribution is -0.283. The van der Waals surface area contributed by atoms with Gasteiger partial charge in [0.2, 0.25) is 5.91 Å². The zero-order chi connectivity index (χ0) is 30.0. The third-order valence-electron chi connectivity index (χ3n) is 6.16. The van der Waals surface area contributed by atoms with Crippen LogP contribution in [0.3, 0.4) is 0 Å².